The van der Waals surface area contributed by atoms with E-state index in [-0.39, 0.29) is 0 Å². The molecule has 152 valence electrons. The molecule has 1 aromatic carbocycles. The SMILES string of the molecule is COc1ccc(CN2CCC[C@@H](c3nc4ccc(N5CCCC5)cn4n3)C2)cc1. The summed E-state index contributed by atoms with van der Waals surface area (Å²) in [4.78, 5) is 9.83. The third kappa shape index (κ3) is 3.94. The first-order valence-corrected chi connectivity index (χ1v) is 10.7. The third-order valence-corrected chi connectivity index (χ3v) is 6.24. The number of piperidine rings is 1. The first kappa shape index (κ1) is 18.4. The summed E-state index contributed by atoms with van der Waals surface area (Å²) in [5, 5.41) is 4.87. The number of benzene rings is 1. The lowest BCUT2D eigenvalue weighted by Crippen LogP contribution is -2.34. The smallest absolute Gasteiger partial charge is 0.156 e. The Kier molecular flexibility index (Phi) is 5.10. The molecule has 0 amide bonds. The molecular weight excluding hydrogens is 362 g/mol. The third-order valence-electron chi connectivity index (χ3n) is 6.24. The van der Waals surface area contributed by atoms with Gasteiger partial charge in [-0.05, 0) is 62.1 Å². The van der Waals surface area contributed by atoms with Crippen LogP contribution in [0.2, 0.25) is 0 Å². The van der Waals surface area contributed by atoms with Gasteiger partial charge in [0.05, 0.1) is 19.0 Å². The lowest BCUT2D eigenvalue weighted by molar-refractivity contribution is 0.196. The second-order valence-corrected chi connectivity index (χ2v) is 8.28. The van der Waals surface area contributed by atoms with E-state index < -0.39 is 0 Å². The van der Waals surface area contributed by atoms with Gasteiger partial charge in [-0.25, -0.2) is 9.50 Å². The fourth-order valence-electron chi connectivity index (χ4n) is 4.62. The van der Waals surface area contributed by atoms with Gasteiger partial charge >= 0.3 is 0 Å². The van der Waals surface area contributed by atoms with Crippen LogP contribution >= 0.6 is 0 Å². The van der Waals surface area contributed by atoms with Crippen LogP contribution in [0.15, 0.2) is 42.6 Å². The molecule has 6 heteroatoms. The number of fused-ring (bicyclic) bond motifs is 1. The molecule has 0 spiro atoms. The lowest BCUT2D eigenvalue weighted by atomic mass is 9.97. The van der Waals surface area contributed by atoms with E-state index >= 15 is 0 Å². The van der Waals surface area contributed by atoms with Crippen LogP contribution in [0.1, 0.15) is 43.0 Å². The molecular formula is C23H29N5O. The Hall–Kier alpha value is -2.60. The largest absolute Gasteiger partial charge is 0.497 e. The molecule has 0 unspecified atom stereocenters. The highest BCUT2D eigenvalue weighted by molar-refractivity contribution is 5.52. The molecule has 3 aromatic rings. The zero-order valence-electron chi connectivity index (χ0n) is 17.1. The van der Waals surface area contributed by atoms with Crippen LogP contribution in [0.4, 0.5) is 5.69 Å². The van der Waals surface area contributed by atoms with Crippen molar-refractivity contribution in [1.82, 2.24) is 19.5 Å². The van der Waals surface area contributed by atoms with Crippen LogP contribution in [0.25, 0.3) is 5.65 Å². The quantitative estimate of drug-likeness (QED) is 0.663. The predicted octanol–water partition coefficient (Wildman–Crippen LogP) is 3.72. The summed E-state index contributed by atoms with van der Waals surface area (Å²) in [6, 6.07) is 12.7. The van der Waals surface area contributed by atoms with Crippen LogP contribution < -0.4 is 9.64 Å². The van der Waals surface area contributed by atoms with Gasteiger partial charge in [-0.1, -0.05) is 12.1 Å². The minimum absolute atomic E-state index is 0.400. The van der Waals surface area contributed by atoms with Crippen molar-refractivity contribution >= 4 is 11.3 Å². The lowest BCUT2D eigenvalue weighted by Gasteiger charge is -2.31. The van der Waals surface area contributed by atoms with Gasteiger partial charge in [-0.2, -0.15) is 5.10 Å². The van der Waals surface area contributed by atoms with Gasteiger partial charge in [-0.15, -0.1) is 0 Å². The van der Waals surface area contributed by atoms with Crippen LogP contribution in [-0.2, 0) is 6.54 Å². The summed E-state index contributed by atoms with van der Waals surface area (Å²) in [7, 11) is 1.71. The zero-order chi connectivity index (χ0) is 19.6. The monoisotopic (exact) mass is 391 g/mol. The topological polar surface area (TPSA) is 45.9 Å². The molecule has 0 saturated carbocycles. The van der Waals surface area contributed by atoms with Crippen molar-refractivity contribution in [2.45, 2.75) is 38.1 Å². The minimum Gasteiger partial charge on any atom is -0.497 e. The van der Waals surface area contributed by atoms with E-state index in [1.54, 1.807) is 7.11 Å². The van der Waals surface area contributed by atoms with Crippen molar-refractivity contribution in [2.75, 3.05) is 38.2 Å². The van der Waals surface area contributed by atoms with E-state index in [9.17, 15) is 0 Å². The molecule has 0 N–H and O–H groups in total. The van der Waals surface area contributed by atoms with Gasteiger partial charge in [0, 0.05) is 32.1 Å². The normalized spacial score (nSPS) is 20.4. The number of hydrogen-bond acceptors (Lipinski definition) is 5. The minimum atomic E-state index is 0.400. The van der Waals surface area contributed by atoms with E-state index in [2.05, 4.69) is 40.3 Å². The first-order valence-electron chi connectivity index (χ1n) is 10.7. The highest BCUT2D eigenvalue weighted by Crippen LogP contribution is 2.27. The number of hydrogen-bond donors (Lipinski definition) is 0. The molecule has 2 aromatic heterocycles. The molecule has 5 rings (SSSR count). The van der Waals surface area contributed by atoms with Gasteiger partial charge in [0.25, 0.3) is 0 Å². The fraction of sp³-hybridized carbons (Fsp3) is 0.478. The van der Waals surface area contributed by atoms with Crippen molar-refractivity contribution < 1.29 is 4.74 Å². The van der Waals surface area contributed by atoms with Crippen LogP contribution in [0, 0.1) is 0 Å². The van der Waals surface area contributed by atoms with Crippen molar-refractivity contribution in [3.05, 3.63) is 54.0 Å². The zero-order valence-corrected chi connectivity index (χ0v) is 17.1. The van der Waals surface area contributed by atoms with E-state index in [1.165, 1.54) is 30.5 Å². The van der Waals surface area contributed by atoms with Crippen molar-refractivity contribution in [3.63, 3.8) is 0 Å². The second-order valence-electron chi connectivity index (χ2n) is 8.28. The van der Waals surface area contributed by atoms with Crippen molar-refractivity contribution in [3.8, 4) is 5.75 Å². The number of methoxy groups -OCH3 is 1. The average Bonchev–Trinajstić information content (AvgIpc) is 3.44. The van der Waals surface area contributed by atoms with E-state index in [4.69, 9.17) is 14.8 Å². The molecule has 29 heavy (non-hydrogen) atoms. The Labute approximate surface area is 172 Å². The second kappa shape index (κ2) is 8.03. The Balaban J connectivity index is 1.29. The Bertz CT molecular complexity index is 961. The molecule has 2 aliphatic rings. The molecule has 0 radical (unpaired) electrons. The standard InChI is InChI=1S/C23H29N5O/c1-29-21-9-6-18(7-10-21)15-26-12-4-5-19(16-26)23-24-22-11-8-20(17-28(22)25-23)27-13-2-3-14-27/h6-11,17,19H,2-5,12-16H2,1H3/t19-/m1/s1. The number of ether oxygens (including phenoxy) is 1. The number of aromatic nitrogens is 3. The van der Waals surface area contributed by atoms with Gasteiger partial charge in [0.2, 0.25) is 0 Å². The van der Waals surface area contributed by atoms with Crippen LogP contribution in [0.5, 0.6) is 5.75 Å². The number of rotatable bonds is 5. The van der Waals surface area contributed by atoms with E-state index in [0.29, 0.717) is 5.92 Å². The molecule has 6 nitrogen and oxygen atoms in total. The molecule has 1 atom stereocenters. The Morgan fingerprint density at radius 3 is 2.62 bits per heavy atom. The maximum absolute atomic E-state index is 5.27. The van der Waals surface area contributed by atoms with Crippen LogP contribution in [-0.4, -0.2) is 52.8 Å². The number of anilines is 1. The van der Waals surface area contributed by atoms with E-state index in [0.717, 1.165) is 56.4 Å². The molecule has 0 aliphatic carbocycles. The van der Waals surface area contributed by atoms with Crippen LogP contribution in [0.3, 0.4) is 0 Å². The Morgan fingerprint density at radius 2 is 1.83 bits per heavy atom. The Morgan fingerprint density at radius 1 is 1.00 bits per heavy atom. The van der Waals surface area contributed by atoms with Gasteiger partial charge in [-0.3, -0.25) is 4.90 Å². The first-order chi connectivity index (χ1) is 14.3. The molecule has 2 saturated heterocycles. The van der Waals surface area contributed by atoms with Crippen molar-refractivity contribution in [2.24, 2.45) is 0 Å². The fourth-order valence-corrected chi connectivity index (χ4v) is 4.62. The number of pyridine rings is 1. The highest BCUT2D eigenvalue weighted by Gasteiger charge is 2.25. The van der Waals surface area contributed by atoms with E-state index in [1.807, 2.05) is 16.6 Å². The molecule has 0 bridgehead atoms. The summed E-state index contributed by atoms with van der Waals surface area (Å²) in [5.41, 5.74) is 3.54. The molecule has 2 aliphatic heterocycles. The van der Waals surface area contributed by atoms with Gasteiger partial charge in [0.15, 0.2) is 11.5 Å². The van der Waals surface area contributed by atoms with Crippen molar-refractivity contribution in [1.29, 1.82) is 0 Å². The number of likely N-dealkylation sites (tertiary alicyclic amines) is 1. The maximum atomic E-state index is 5.27. The average molecular weight is 392 g/mol. The summed E-state index contributed by atoms with van der Waals surface area (Å²) in [6.07, 6.45) is 7.07. The van der Waals surface area contributed by atoms with Gasteiger partial charge < -0.3 is 9.64 Å². The summed E-state index contributed by atoms with van der Waals surface area (Å²) in [5.74, 6) is 2.30. The highest BCUT2D eigenvalue weighted by atomic mass is 16.5. The predicted molar refractivity (Wildman–Crippen MR) is 115 cm³/mol. The maximum Gasteiger partial charge on any atom is 0.156 e. The van der Waals surface area contributed by atoms with Gasteiger partial charge in [0.1, 0.15) is 5.75 Å². The number of nitrogens with zero attached hydrogens (tertiary/aromatic N) is 5. The summed E-state index contributed by atoms with van der Waals surface area (Å²) in [6.45, 7) is 5.41. The summed E-state index contributed by atoms with van der Waals surface area (Å²) < 4.78 is 7.25. The molecule has 4 heterocycles. The molecule has 2 fully saturated rings. The summed E-state index contributed by atoms with van der Waals surface area (Å²) >= 11 is 0.